The van der Waals surface area contributed by atoms with Crippen LogP contribution in [0.2, 0.25) is 0 Å². The maximum atomic E-state index is 6.72. The van der Waals surface area contributed by atoms with E-state index in [1.54, 1.807) is 0 Å². The predicted molar refractivity (Wildman–Crippen MR) is 254 cm³/mol. The summed E-state index contributed by atoms with van der Waals surface area (Å²) < 4.78 is 9.12. The number of hydrogen-bond acceptors (Lipinski definition) is 4. The molecular weight excluding hydrogens is 757 g/mol. The van der Waals surface area contributed by atoms with E-state index >= 15 is 0 Å². The van der Waals surface area contributed by atoms with Gasteiger partial charge in [-0.1, -0.05) is 176 Å². The van der Waals surface area contributed by atoms with E-state index in [0.29, 0.717) is 17.5 Å². The summed E-state index contributed by atoms with van der Waals surface area (Å²) in [6.07, 6.45) is 0. The molecule has 0 amide bonds. The average molecular weight is 793 g/mol. The van der Waals surface area contributed by atoms with E-state index in [9.17, 15) is 0 Å². The average Bonchev–Trinajstić information content (AvgIpc) is 3.90. The highest BCUT2D eigenvalue weighted by Gasteiger charge is 2.20. The molecule has 0 saturated carbocycles. The Hall–Kier alpha value is -8.41. The van der Waals surface area contributed by atoms with Crippen molar-refractivity contribution >= 4 is 43.7 Å². The molecule has 5 nitrogen and oxygen atoms in total. The minimum atomic E-state index is 0.583. The largest absolute Gasteiger partial charge is 0.456 e. The van der Waals surface area contributed by atoms with Gasteiger partial charge in [-0.15, -0.1) is 0 Å². The fourth-order valence-electron chi connectivity index (χ4n) is 8.93. The van der Waals surface area contributed by atoms with Crippen LogP contribution in [0.5, 0.6) is 0 Å². The van der Waals surface area contributed by atoms with E-state index in [2.05, 4.69) is 187 Å². The van der Waals surface area contributed by atoms with Gasteiger partial charge in [-0.2, -0.15) is 0 Å². The number of hydrogen-bond donors (Lipinski definition) is 0. The van der Waals surface area contributed by atoms with E-state index in [1.807, 2.05) is 36.4 Å². The van der Waals surface area contributed by atoms with Crippen LogP contribution in [0.4, 0.5) is 0 Å². The Kier molecular flexibility index (Phi) is 8.42. The lowest BCUT2D eigenvalue weighted by atomic mass is 9.92. The standard InChI is InChI=1S/C57H36N4O/c1-4-15-37(16-5-1)38-27-29-40(30-28-38)56-58-55(39-17-6-2-7-18-39)59-57(60-56)42-32-34-48-47-33-31-41(35-52(47)62-53(48)36-42)44-21-10-11-22-45(44)49-24-14-25-50-46-23-12-13-26-51(46)61(54(49)50)43-19-8-3-9-20-43/h1-36H. The fraction of sp³-hybridized carbons (Fsp3) is 0. The summed E-state index contributed by atoms with van der Waals surface area (Å²) in [6, 6.07) is 76.4. The van der Waals surface area contributed by atoms with Gasteiger partial charge in [0.2, 0.25) is 0 Å². The first-order valence-corrected chi connectivity index (χ1v) is 20.8. The third kappa shape index (κ3) is 6.06. The molecule has 62 heavy (non-hydrogen) atoms. The van der Waals surface area contributed by atoms with Crippen LogP contribution < -0.4 is 0 Å². The van der Waals surface area contributed by atoms with Gasteiger partial charge in [0, 0.05) is 49.5 Å². The normalized spacial score (nSPS) is 11.5. The molecule has 3 heterocycles. The van der Waals surface area contributed by atoms with E-state index in [-0.39, 0.29) is 0 Å². The molecule has 0 aliphatic heterocycles. The summed E-state index contributed by atoms with van der Waals surface area (Å²) in [5.74, 6) is 1.81. The van der Waals surface area contributed by atoms with Crippen molar-refractivity contribution in [2.75, 3.05) is 0 Å². The van der Waals surface area contributed by atoms with Crippen molar-refractivity contribution in [3.8, 4) is 73.2 Å². The Morgan fingerprint density at radius 1 is 0.306 bits per heavy atom. The lowest BCUT2D eigenvalue weighted by Gasteiger charge is -2.15. The van der Waals surface area contributed by atoms with Gasteiger partial charge >= 0.3 is 0 Å². The number of benzene rings is 9. The summed E-state index contributed by atoms with van der Waals surface area (Å²) in [5, 5.41) is 4.55. The van der Waals surface area contributed by atoms with Crippen LogP contribution >= 0.6 is 0 Å². The summed E-state index contributed by atoms with van der Waals surface area (Å²) in [4.78, 5) is 15.0. The van der Waals surface area contributed by atoms with Gasteiger partial charge in [0.05, 0.1) is 11.0 Å². The van der Waals surface area contributed by atoms with Gasteiger partial charge in [0.1, 0.15) is 11.2 Å². The predicted octanol–water partition coefficient (Wildman–Crippen LogP) is 14.9. The van der Waals surface area contributed by atoms with Gasteiger partial charge < -0.3 is 8.98 Å². The van der Waals surface area contributed by atoms with Gasteiger partial charge in [0.15, 0.2) is 17.5 Å². The maximum Gasteiger partial charge on any atom is 0.164 e. The molecule has 3 aromatic heterocycles. The molecule has 0 saturated heterocycles. The number of para-hydroxylation sites is 3. The molecule has 0 radical (unpaired) electrons. The van der Waals surface area contributed by atoms with Gasteiger partial charge in [-0.05, 0) is 70.3 Å². The van der Waals surface area contributed by atoms with Crippen molar-refractivity contribution < 1.29 is 4.42 Å². The summed E-state index contributed by atoms with van der Waals surface area (Å²) in [6.45, 7) is 0. The molecular formula is C57H36N4O. The summed E-state index contributed by atoms with van der Waals surface area (Å²) in [7, 11) is 0. The topological polar surface area (TPSA) is 56.7 Å². The zero-order valence-electron chi connectivity index (χ0n) is 33.5. The minimum Gasteiger partial charge on any atom is -0.456 e. The van der Waals surface area contributed by atoms with Crippen molar-refractivity contribution in [3.63, 3.8) is 0 Å². The lowest BCUT2D eigenvalue weighted by Crippen LogP contribution is -2.00. The molecule has 0 fully saturated rings. The second-order valence-corrected chi connectivity index (χ2v) is 15.6. The minimum absolute atomic E-state index is 0.583. The summed E-state index contributed by atoms with van der Waals surface area (Å²) in [5.41, 5.74) is 14.6. The Labute approximate surface area is 357 Å². The zero-order valence-corrected chi connectivity index (χ0v) is 33.5. The van der Waals surface area contributed by atoms with Crippen LogP contribution in [0.25, 0.3) is 117 Å². The molecule has 0 N–H and O–H groups in total. The SMILES string of the molecule is c1ccc(-c2ccc(-c3nc(-c4ccccc4)nc(-c4ccc5c(c4)oc4cc(-c6ccccc6-c6cccc7c8ccccc8n(-c8ccccc8)c67)ccc45)n3)cc2)cc1. The van der Waals surface area contributed by atoms with E-state index in [1.165, 1.54) is 27.4 Å². The molecule has 5 heteroatoms. The highest BCUT2D eigenvalue weighted by Crippen LogP contribution is 2.42. The van der Waals surface area contributed by atoms with Gasteiger partial charge in [-0.3, -0.25) is 0 Å². The van der Waals surface area contributed by atoms with Crippen molar-refractivity contribution in [1.82, 2.24) is 19.5 Å². The fourth-order valence-corrected chi connectivity index (χ4v) is 8.93. The lowest BCUT2D eigenvalue weighted by molar-refractivity contribution is 0.669. The number of nitrogens with zero attached hydrogens (tertiary/aromatic N) is 4. The van der Waals surface area contributed by atoms with Gasteiger partial charge in [0.25, 0.3) is 0 Å². The summed E-state index contributed by atoms with van der Waals surface area (Å²) >= 11 is 0. The maximum absolute atomic E-state index is 6.72. The first-order chi connectivity index (χ1) is 30.7. The first-order valence-electron chi connectivity index (χ1n) is 20.8. The van der Waals surface area contributed by atoms with E-state index in [0.717, 1.165) is 72.1 Å². The van der Waals surface area contributed by atoms with Crippen LogP contribution in [-0.4, -0.2) is 19.5 Å². The van der Waals surface area contributed by atoms with Gasteiger partial charge in [-0.25, -0.2) is 15.0 Å². The van der Waals surface area contributed by atoms with Crippen LogP contribution in [-0.2, 0) is 0 Å². The number of furan rings is 1. The quantitative estimate of drug-likeness (QED) is 0.161. The third-order valence-electron chi connectivity index (χ3n) is 11.9. The van der Waals surface area contributed by atoms with Crippen LogP contribution in [0.15, 0.2) is 223 Å². The Balaban J connectivity index is 0.957. The molecule has 290 valence electrons. The van der Waals surface area contributed by atoms with E-state index < -0.39 is 0 Å². The molecule has 0 bridgehead atoms. The molecule has 0 spiro atoms. The second-order valence-electron chi connectivity index (χ2n) is 15.6. The molecule has 0 unspecified atom stereocenters. The zero-order chi connectivity index (χ0) is 41.0. The highest BCUT2D eigenvalue weighted by molar-refractivity contribution is 6.15. The van der Waals surface area contributed by atoms with E-state index in [4.69, 9.17) is 19.4 Å². The third-order valence-corrected chi connectivity index (χ3v) is 11.9. The molecule has 12 rings (SSSR count). The monoisotopic (exact) mass is 792 g/mol. The molecule has 0 aliphatic carbocycles. The smallest absolute Gasteiger partial charge is 0.164 e. The second kappa shape index (κ2) is 14.7. The molecule has 0 atom stereocenters. The van der Waals surface area contributed by atoms with Crippen LogP contribution in [0.3, 0.4) is 0 Å². The highest BCUT2D eigenvalue weighted by atomic mass is 16.3. The molecule has 12 aromatic rings. The van der Waals surface area contributed by atoms with Crippen molar-refractivity contribution in [2.45, 2.75) is 0 Å². The number of rotatable bonds is 7. The first kappa shape index (κ1) is 35.5. The van der Waals surface area contributed by atoms with Crippen molar-refractivity contribution in [1.29, 1.82) is 0 Å². The molecule has 0 aliphatic rings. The van der Waals surface area contributed by atoms with Crippen molar-refractivity contribution in [3.05, 3.63) is 218 Å². The molecule has 9 aromatic carbocycles. The van der Waals surface area contributed by atoms with Crippen molar-refractivity contribution in [2.24, 2.45) is 0 Å². The Bertz CT molecular complexity index is 3610. The number of aromatic nitrogens is 4. The van der Waals surface area contributed by atoms with Crippen LogP contribution in [0, 0.1) is 0 Å². The Morgan fingerprint density at radius 2 is 0.774 bits per heavy atom. The van der Waals surface area contributed by atoms with Crippen LogP contribution in [0.1, 0.15) is 0 Å². The number of fused-ring (bicyclic) bond motifs is 6. The Morgan fingerprint density at radius 3 is 1.48 bits per heavy atom.